The molecule has 1 heterocycles. The van der Waals surface area contributed by atoms with Gasteiger partial charge in [0.05, 0.1) is 18.8 Å². The number of carbonyl (C=O) groups excluding carboxylic acids is 1. The first-order chi connectivity index (χ1) is 10.2. The fourth-order valence-electron chi connectivity index (χ4n) is 2.13. The van der Waals surface area contributed by atoms with Gasteiger partial charge in [-0.3, -0.25) is 4.79 Å². The monoisotopic (exact) mass is 325 g/mol. The van der Waals surface area contributed by atoms with Gasteiger partial charge < -0.3 is 45.8 Å². The van der Waals surface area contributed by atoms with Crippen LogP contribution in [0.2, 0.25) is 0 Å². The van der Waals surface area contributed by atoms with Crippen LogP contribution < -0.4 is 5.32 Å². The summed E-state index contributed by atoms with van der Waals surface area (Å²) in [6.07, 6.45) is -7.92. The largest absolute Gasteiger partial charge is 0.477 e. The Labute approximate surface area is 124 Å². The molecule has 0 spiro atoms. The van der Waals surface area contributed by atoms with Gasteiger partial charge in [-0.25, -0.2) is 4.79 Å². The Morgan fingerprint density at radius 2 is 1.91 bits per heavy atom. The molecule has 8 N–H and O–H groups in total. The van der Waals surface area contributed by atoms with Crippen molar-refractivity contribution in [1.82, 2.24) is 5.32 Å². The number of carboxylic acids is 1. The molecule has 1 aliphatic rings. The minimum atomic E-state index is -2.85. The standard InChI is InChI=1S/C11H19NO10/c13-2-5(16)8(18)9-7(12-6(17)3-14)4(15)1-11(21,22-9)10(19)20/h4-5,7-9,13-16,18,21H,1-3H2,(H,12,17)(H,19,20)/t4-,5+,7+,8?,9+,11-/m0/s1. The summed E-state index contributed by atoms with van der Waals surface area (Å²) in [5.74, 6) is -5.64. The van der Waals surface area contributed by atoms with Gasteiger partial charge in [-0.05, 0) is 0 Å². The van der Waals surface area contributed by atoms with Crippen molar-refractivity contribution in [2.24, 2.45) is 0 Å². The van der Waals surface area contributed by atoms with Gasteiger partial charge in [0.2, 0.25) is 5.91 Å². The molecule has 0 saturated carbocycles. The maximum Gasteiger partial charge on any atom is 0.364 e. The third-order valence-corrected chi connectivity index (χ3v) is 3.31. The second-order valence-electron chi connectivity index (χ2n) is 4.94. The molecule has 1 saturated heterocycles. The van der Waals surface area contributed by atoms with Crippen molar-refractivity contribution in [3.8, 4) is 0 Å². The second-order valence-corrected chi connectivity index (χ2v) is 4.94. The van der Waals surface area contributed by atoms with Crippen LogP contribution in [0.25, 0.3) is 0 Å². The van der Waals surface area contributed by atoms with Crippen LogP contribution in [0.3, 0.4) is 0 Å². The van der Waals surface area contributed by atoms with E-state index >= 15 is 0 Å². The van der Waals surface area contributed by atoms with E-state index < -0.39 is 67.8 Å². The fourth-order valence-corrected chi connectivity index (χ4v) is 2.13. The molecule has 1 rings (SSSR count). The number of aliphatic hydroxyl groups excluding tert-OH is 5. The zero-order chi connectivity index (χ0) is 17.1. The van der Waals surface area contributed by atoms with Crippen molar-refractivity contribution >= 4 is 11.9 Å². The summed E-state index contributed by atoms with van der Waals surface area (Å²) >= 11 is 0. The Hall–Kier alpha value is -1.34. The molecule has 0 bridgehead atoms. The number of aliphatic hydroxyl groups is 6. The lowest BCUT2D eigenvalue weighted by molar-refractivity contribution is -0.295. The van der Waals surface area contributed by atoms with Crippen LogP contribution in [-0.4, -0.2) is 97.1 Å². The molecule has 11 heteroatoms. The Balaban J connectivity index is 3.07. The third kappa shape index (κ3) is 3.89. The van der Waals surface area contributed by atoms with Crippen LogP contribution in [0.15, 0.2) is 0 Å². The Morgan fingerprint density at radius 1 is 1.32 bits per heavy atom. The quantitative estimate of drug-likeness (QED) is 0.234. The van der Waals surface area contributed by atoms with Gasteiger partial charge in [0.1, 0.15) is 24.9 Å². The highest BCUT2D eigenvalue weighted by Gasteiger charge is 2.53. The highest BCUT2D eigenvalue weighted by molar-refractivity contribution is 5.78. The zero-order valence-electron chi connectivity index (χ0n) is 11.4. The van der Waals surface area contributed by atoms with Crippen LogP contribution in [0.1, 0.15) is 6.42 Å². The van der Waals surface area contributed by atoms with Crippen molar-refractivity contribution in [3.63, 3.8) is 0 Å². The summed E-state index contributed by atoms with van der Waals surface area (Å²) in [7, 11) is 0. The minimum Gasteiger partial charge on any atom is -0.477 e. The lowest BCUT2D eigenvalue weighted by Crippen LogP contribution is -2.67. The highest BCUT2D eigenvalue weighted by atomic mass is 16.7. The van der Waals surface area contributed by atoms with Crippen LogP contribution in [0.5, 0.6) is 0 Å². The van der Waals surface area contributed by atoms with E-state index in [1.165, 1.54) is 0 Å². The van der Waals surface area contributed by atoms with Crippen molar-refractivity contribution in [3.05, 3.63) is 0 Å². The Bertz CT molecular complexity index is 418. The maximum absolute atomic E-state index is 11.2. The van der Waals surface area contributed by atoms with E-state index in [0.717, 1.165) is 0 Å². The van der Waals surface area contributed by atoms with Gasteiger partial charge >= 0.3 is 5.97 Å². The number of carbonyl (C=O) groups is 2. The van der Waals surface area contributed by atoms with Crippen molar-refractivity contribution in [2.45, 2.75) is 42.7 Å². The molecule has 0 aromatic heterocycles. The van der Waals surface area contributed by atoms with E-state index in [9.17, 15) is 30.0 Å². The van der Waals surface area contributed by atoms with Crippen molar-refractivity contribution < 1.29 is 50.1 Å². The molecular weight excluding hydrogens is 306 g/mol. The summed E-state index contributed by atoms with van der Waals surface area (Å²) in [5, 5.41) is 67.5. The van der Waals surface area contributed by atoms with Crippen molar-refractivity contribution in [1.29, 1.82) is 0 Å². The van der Waals surface area contributed by atoms with Crippen LogP contribution >= 0.6 is 0 Å². The minimum absolute atomic E-state index is 0.822. The first-order valence-corrected chi connectivity index (χ1v) is 6.35. The lowest BCUT2D eigenvalue weighted by atomic mass is 9.88. The SMILES string of the molecule is O=C(CO)N[C@@H]1[C@@H](O)C[C@@](O)(C(=O)O)O[C@H]1C(O)[C@H](O)CO. The zero-order valence-corrected chi connectivity index (χ0v) is 11.4. The summed E-state index contributed by atoms with van der Waals surface area (Å²) in [6.45, 7) is -1.86. The molecule has 1 fully saturated rings. The summed E-state index contributed by atoms with van der Waals surface area (Å²) in [6, 6.07) is -1.42. The molecule has 11 nitrogen and oxygen atoms in total. The maximum atomic E-state index is 11.2. The molecule has 0 aliphatic carbocycles. The number of aliphatic carboxylic acids is 1. The number of hydrogen-bond donors (Lipinski definition) is 8. The van der Waals surface area contributed by atoms with Gasteiger partial charge in [-0.15, -0.1) is 0 Å². The van der Waals surface area contributed by atoms with E-state index in [0.29, 0.717) is 0 Å². The van der Waals surface area contributed by atoms with E-state index in [4.69, 9.17) is 20.1 Å². The predicted molar refractivity (Wildman–Crippen MR) is 66.2 cm³/mol. The second kappa shape index (κ2) is 7.28. The number of amides is 1. The average Bonchev–Trinajstić information content (AvgIpc) is 2.47. The molecule has 0 aromatic carbocycles. The average molecular weight is 325 g/mol. The molecule has 1 amide bonds. The molecule has 6 atom stereocenters. The topological polar surface area (TPSA) is 197 Å². The number of nitrogens with one attached hydrogen (secondary N) is 1. The summed E-state index contributed by atoms with van der Waals surface area (Å²) < 4.78 is 4.83. The number of ether oxygens (including phenoxy) is 1. The van der Waals surface area contributed by atoms with Gasteiger partial charge in [0.15, 0.2) is 0 Å². The smallest absolute Gasteiger partial charge is 0.364 e. The van der Waals surface area contributed by atoms with Crippen LogP contribution in [0, 0.1) is 0 Å². The number of rotatable bonds is 6. The van der Waals surface area contributed by atoms with E-state index in [1.807, 2.05) is 0 Å². The van der Waals surface area contributed by atoms with Gasteiger partial charge in [-0.1, -0.05) is 0 Å². The van der Waals surface area contributed by atoms with Crippen LogP contribution in [-0.2, 0) is 14.3 Å². The van der Waals surface area contributed by atoms with E-state index in [1.54, 1.807) is 0 Å². The van der Waals surface area contributed by atoms with Crippen LogP contribution in [0.4, 0.5) is 0 Å². The molecular formula is C11H19NO10. The predicted octanol–water partition coefficient (Wildman–Crippen LogP) is -4.90. The summed E-state index contributed by atoms with van der Waals surface area (Å²) in [4.78, 5) is 22.2. The van der Waals surface area contributed by atoms with Gasteiger partial charge in [0, 0.05) is 6.42 Å². The van der Waals surface area contributed by atoms with Gasteiger partial charge in [0.25, 0.3) is 5.79 Å². The normalized spacial score (nSPS) is 34.7. The molecule has 1 aliphatic heterocycles. The number of carboxylic acid groups (broad SMARTS) is 1. The Morgan fingerprint density at radius 3 is 2.36 bits per heavy atom. The Kier molecular flexibility index (Phi) is 6.19. The first-order valence-electron chi connectivity index (χ1n) is 6.35. The molecule has 0 radical (unpaired) electrons. The number of hydrogen-bond acceptors (Lipinski definition) is 9. The van der Waals surface area contributed by atoms with Gasteiger partial charge in [-0.2, -0.15) is 0 Å². The van der Waals surface area contributed by atoms with E-state index in [-0.39, 0.29) is 0 Å². The molecule has 0 aromatic rings. The van der Waals surface area contributed by atoms with Crippen molar-refractivity contribution in [2.75, 3.05) is 13.2 Å². The lowest BCUT2D eigenvalue weighted by Gasteiger charge is -2.44. The third-order valence-electron chi connectivity index (χ3n) is 3.31. The molecule has 1 unspecified atom stereocenters. The molecule has 22 heavy (non-hydrogen) atoms. The summed E-state index contributed by atoms with van der Waals surface area (Å²) in [5.41, 5.74) is 0. The molecule has 128 valence electrons. The van der Waals surface area contributed by atoms with E-state index in [2.05, 4.69) is 5.32 Å². The fraction of sp³-hybridized carbons (Fsp3) is 0.818. The first kappa shape index (κ1) is 18.7. The highest BCUT2D eigenvalue weighted by Crippen LogP contribution is 2.30.